The summed E-state index contributed by atoms with van der Waals surface area (Å²) < 4.78 is 29.2. The third-order valence-electron chi connectivity index (χ3n) is 4.80. The van der Waals surface area contributed by atoms with E-state index in [1.807, 2.05) is 13.8 Å². The Labute approximate surface area is 150 Å². The smallest absolute Gasteiger partial charge is 0.278 e. The Morgan fingerprint density at radius 1 is 1.40 bits per heavy atom. The molecule has 1 aromatic rings. The number of carbonyl (C=O) groups is 1. The molecule has 0 saturated heterocycles. The van der Waals surface area contributed by atoms with Crippen molar-refractivity contribution in [3.8, 4) is 0 Å². The molecule has 1 saturated carbocycles. The monoisotopic (exact) mass is 371 g/mol. The molecule has 142 valence electrons. The van der Waals surface area contributed by atoms with Gasteiger partial charge in [0, 0.05) is 38.9 Å². The van der Waals surface area contributed by atoms with Crippen LogP contribution in [0.5, 0.6) is 0 Å². The first-order valence-electron chi connectivity index (χ1n) is 8.75. The van der Waals surface area contributed by atoms with Crippen LogP contribution in [-0.4, -0.2) is 55.1 Å². The van der Waals surface area contributed by atoms with Crippen LogP contribution in [0.4, 0.5) is 0 Å². The molecule has 2 atom stereocenters. The Bertz CT molecular complexity index is 699. The lowest BCUT2D eigenvalue weighted by Crippen LogP contribution is -2.43. The Hall–Kier alpha value is -1.45. The maximum absolute atomic E-state index is 12.5. The number of aryl methyl sites for hydroxylation is 1. The molecule has 1 amide bonds. The number of rotatable bonds is 7. The van der Waals surface area contributed by atoms with Gasteiger partial charge in [-0.05, 0) is 39.0 Å². The summed E-state index contributed by atoms with van der Waals surface area (Å²) in [4.78, 5) is 12.5. The third kappa shape index (κ3) is 5.02. The van der Waals surface area contributed by atoms with Crippen LogP contribution in [0.2, 0.25) is 0 Å². The van der Waals surface area contributed by atoms with Crippen molar-refractivity contribution in [1.29, 1.82) is 0 Å². The van der Waals surface area contributed by atoms with Crippen molar-refractivity contribution in [2.24, 2.45) is 5.92 Å². The van der Waals surface area contributed by atoms with Crippen LogP contribution < -0.4 is 10.0 Å². The summed E-state index contributed by atoms with van der Waals surface area (Å²) in [6.45, 7) is 5.02. The van der Waals surface area contributed by atoms with Gasteiger partial charge in [-0.2, -0.15) is 17.8 Å². The summed E-state index contributed by atoms with van der Waals surface area (Å²) in [5.74, 6) is 0.130. The lowest BCUT2D eigenvalue weighted by atomic mass is 9.85. The van der Waals surface area contributed by atoms with Gasteiger partial charge in [0.1, 0.15) is 0 Å². The van der Waals surface area contributed by atoms with E-state index < -0.39 is 10.2 Å². The molecule has 1 aliphatic carbocycles. The van der Waals surface area contributed by atoms with E-state index in [9.17, 15) is 13.2 Å². The third-order valence-corrected chi connectivity index (χ3v) is 6.29. The van der Waals surface area contributed by atoms with E-state index in [0.717, 1.165) is 37.9 Å². The zero-order valence-electron chi connectivity index (χ0n) is 15.4. The topological polar surface area (TPSA) is 96.3 Å². The normalized spacial score (nSPS) is 21.5. The largest absolute Gasteiger partial charge is 0.349 e. The Morgan fingerprint density at radius 3 is 2.72 bits per heavy atom. The lowest BCUT2D eigenvalue weighted by molar-refractivity contribution is 0.0919. The van der Waals surface area contributed by atoms with Crippen LogP contribution >= 0.6 is 0 Å². The molecular formula is C16H29N5O3S. The zero-order valence-corrected chi connectivity index (χ0v) is 16.3. The fourth-order valence-electron chi connectivity index (χ4n) is 3.21. The minimum atomic E-state index is -3.40. The second kappa shape index (κ2) is 8.29. The van der Waals surface area contributed by atoms with Gasteiger partial charge in [0.2, 0.25) is 0 Å². The van der Waals surface area contributed by atoms with Crippen LogP contribution in [0.25, 0.3) is 0 Å². The van der Waals surface area contributed by atoms with E-state index in [1.54, 1.807) is 10.9 Å². The maximum atomic E-state index is 12.5. The Morgan fingerprint density at radius 2 is 2.12 bits per heavy atom. The predicted molar refractivity (Wildman–Crippen MR) is 96.5 cm³/mol. The van der Waals surface area contributed by atoms with Gasteiger partial charge in [-0.25, -0.2) is 4.72 Å². The Balaban J connectivity index is 1.90. The van der Waals surface area contributed by atoms with Gasteiger partial charge in [0.25, 0.3) is 16.1 Å². The van der Waals surface area contributed by atoms with Crippen molar-refractivity contribution < 1.29 is 13.2 Å². The van der Waals surface area contributed by atoms with Crippen molar-refractivity contribution in [2.75, 3.05) is 20.6 Å². The predicted octanol–water partition coefficient (Wildman–Crippen LogP) is 0.896. The van der Waals surface area contributed by atoms with Crippen LogP contribution in [0, 0.1) is 12.8 Å². The van der Waals surface area contributed by atoms with Gasteiger partial charge >= 0.3 is 0 Å². The zero-order chi connectivity index (χ0) is 18.6. The first-order chi connectivity index (χ1) is 11.7. The summed E-state index contributed by atoms with van der Waals surface area (Å²) in [6.07, 6.45) is 5.26. The molecule has 2 rings (SSSR count). The molecule has 0 bridgehead atoms. The van der Waals surface area contributed by atoms with Crippen LogP contribution in [0.3, 0.4) is 0 Å². The number of hydrogen-bond acceptors (Lipinski definition) is 4. The van der Waals surface area contributed by atoms with Crippen LogP contribution in [-0.2, 0) is 16.8 Å². The molecule has 0 spiro atoms. The number of aromatic nitrogens is 2. The van der Waals surface area contributed by atoms with Gasteiger partial charge in [0.05, 0.1) is 11.8 Å². The summed E-state index contributed by atoms with van der Waals surface area (Å²) >= 11 is 0. The maximum Gasteiger partial charge on any atom is 0.278 e. The van der Waals surface area contributed by atoms with Gasteiger partial charge < -0.3 is 5.32 Å². The van der Waals surface area contributed by atoms with Crippen molar-refractivity contribution >= 4 is 16.1 Å². The van der Waals surface area contributed by atoms with E-state index in [1.165, 1.54) is 18.4 Å². The molecule has 8 nitrogen and oxygen atoms in total. The number of nitrogens with zero attached hydrogens (tertiary/aromatic N) is 3. The van der Waals surface area contributed by atoms with Gasteiger partial charge in [0.15, 0.2) is 0 Å². The summed E-state index contributed by atoms with van der Waals surface area (Å²) in [6, 6.07) is 0.0690. The second-order valence-corrected chi connectivity index (χ2v) is 8.77. The molecule has 1 aromatic heterocycles. The van der Waals surface area contributed by atoms with Crippen molar-refractivity contribution in [1.82, 2.24) is 24.1 Å². The highest BCUT2D eigenvalue weighted by Crippen LogP contribution is 2.24. The standard InChI is InChI=1S/C16H29N5O3S/c1-5-21-12(2)15(11-17-21)16(22)19-14-8-6-7-13(9-14)10-18-25(23,24)20(3)4/h11,13-14,18H,5-10H2,1-4H3,(H,19,22)/t13-,14+/m1/s1. The highest BCUT2D eigenvalue weighted by molar-refractivity contribution is 7.87. The van der Waals surface area contributed by atoms with Crippen LogP contribution in [0.1, 0.15) is 48.7 Å². The fraction of sp³-hybridized carbons (Fsp3) is 0.750. The molecule has 0 aromatic carbocycles. The average molecular weight is 372 g/mol. The quantitative estimate of drug-likeness (QED) is 0.744. The molecule has 0 aliphatic heterocycles. The molecule has 25 heavy (non-hydrogen) atoms. The van der Waals surface area contributed by atoms with E-state index in [0.29, 0.717) is 12.1 Å². The fourth-order valence-corrected chi connectivity index (χ4v) is 3.92. The van der Waals surface area contributed by atoms with Crippen LogP contribution in [0.15, 0.2) is 6.20 Å². The number of nitrogens with one attached hydrogen (secondary N) is 2. The number of carbonyl (C=O) groups excluding carboxylic acids is 1. The van der Waals surface area contributed by atoms with Gasteiger partial charge in [-0.3, -0.25) is 9.48 Å². The second-order valence-electron chi connectivity index (χ2n) is 6.80. The molecule has 0 unspecified atom stereocenters. The van der Waals surface area contributed by atoms with Gasteiger partial charge in [-0.1, -0.05) is 6.42 Å². The Kier molecular flexibility index (Phi) is 6.59. The number of hydrogen-bond donors (Lipinski definition) is 2. The minimum absolute atomic E-state index is 0.0690. The molecule has 9 heteroatoms. The first kappa shape index (κ1) is 19.9. The molecule has 1 fully saturated rings. The van der Waals surface area contributed by atoms with Gasteiger partial charge in [-0.15, -0.1) is 0 Å². The van der Waals surface area contributed by atoms with E-state index in [-0.39, 0.29) is 17.9 Å². The summed E-state index contributed by atoms with van der Waals surface area (Å²) in [7, 11) is -0.392. The van der Waals surface area contributed by atoms with Crippen molar-refractivity contribution in [3.63, 3.8) is 0 Å². The molecule has 0 radical (unpaired) electrons. The molecule has 1 heterocycles. The summed E-state index contributed by atoms with van der Waals surface area (Å²) in [5.41, 5.74) is 1.48. The molecule has 2 N–H and O–H groups in total. The van der Waals surface area contributed by atoms with Crippen molar-refractivity contribution in [2.45, 2.75) is 52.1 Å². The minimum Gasteiger partial charge on any atom is -0.349 e. The van der Waals surface area contributed by atoms with E-state index in [4.69, 9.17) is 0 Å². The first-order valence-corrected chi connectivity index (χ1v) is 10.2. The number of amides is 1. The van der Waals surface area contributed by atoms with Crippen molar-refractivity contribution in [3.05, 3.63) is 17.5 Å². The highest BCUT2D eigenvalue weighted by Gasteiger charge is 2.26. The SMILES string of the molecule is CCn1ncc(C(=O)N[C@H]2CCC[C@@H](CNS(=O)(=O)N(C)C)C2)c1C. The van der Waals surface area contributed by atoms with E-state index >= 15 is 0 Å². The summed E-state index contributed by atoms with van der Waals surface area (Å²) in [5, 5.41) is 7.29. The lowest BCUT2D eigenvalue weighted by Gasteiger charge is -2.30. The molecule has 1 aliphatic rings. The van der Waals surface area contributed by atoms with E-state index in [2.05, 4.69) is 15.1 Å². The highest BCUT2D eigenvalue weighted by atomic mass is 32.2. The molecular weight excluding hydrogens is 342 g/mol. The average Bonchev–Trinajstić information content (AvgIpc) is 2.94.